The van der Waals surface area contributed by atoms with Gasteiger partial charge in [-0.2, -0.15) is 0 Å². The highest BCUT2D eigenvalue weighted by atomic mass is 16.4. The van der Waals surface area contributed by atoms with Crippen molar-refractivity contribution in [2.45, 2.75) is 46.1 Å². The molecule has 5 heteroatoms. The van der Waals surface area contributed by atoms with E-state index >= 15 is 0 Å². The molecule has 2 fully saturated rings. The van der Waals surface area contributed by atoms with Gasteiger partial charge in [-0.05, 0) is 56.0 Å². The first kappa shape index (κ1) is 18.9. The van der Waals surface area contributed by atoms with Gasteiger partial charge in [-0.25, -0.2) is 0 Å². The Morgan fingerprint density at radius 1 is 1.27 bits per heavy atom. The molecule has 0 radical (unpaired) electrons. The summed E-state index contributed by atoms with van der Waals surface area (Å²) in [4.78, 5) is 28.8. The van der Waals surface area contributed by atoms with E-state index in [-0.39, 0.29) is 11.8 Å². The summed E-state index contributed by atoms with van der Waals surface area (Å²) in [5.41, 5.74) is 1.15. The van der Waals surface area contributed by atoms with Crippen LogP contribution in [0.25, 0.3) is 0 Å². The second-order valence-electron chi connectivity index (χ2n) is 7.80. The van der Waals surface area contributed by atoms with Crippen molar-refractivity contribution in [3.8, 4) is 0 Å². The zero-order valence-corrected chi connectivity index (χ0v) is 15.9. The topological polar surface area (TPSA) is 60.9 Å². The Balaban J connectivity index is 1.66. The molecule has 1 saturated carbocycles. The number of carboxylic acids is 1. The van der Waals surface area contributed by atoms with Gasteiger partial charge >= 0.3 is 5.97 Å². The first-order chi connectivity index (χ1) is 12.5. The molecule has 0 aromatic heterocycles. The number of benzene rings is 1. The molecule has 2 atom stereocenters. The van der Waals surface area contributed by atoms with E-state index in [0.717, 1.165) is 38.9 Å². The van der Waals surface area contributed by atoms with Crippen LogP contribution in [0.5, 0.6) is 0 Å². The normalized spacial score (nSPS) is 24.9. The molecule has 0 bridgehead atoms. The summed E-state index contributed by atoms with van der Waals surface area (Å²) in [7, 11) is 0. The van der Waals surface area contributed by atoms with Gasteiger partial charge in [-0.3, -0.25) is 14.5 Å². The molecule has 1 aromatic carbocycles. The largest absolute Gasteiger partial charge is 0.481 e. The van der Waals surface area contributed by atoms with E-state index in [0.29, 0.717) is 25.1 Å². The minimum absolute atomic E-state index is 0.0347. The molecule has 1 amide bonds. The monoisotopic (exact) mass is 358 g/mol. The van der Waals surface area contributed by atoms with Crippen LogP contribution in [0.2, 0.25) is 0 Å². The van der Waals surface area contributed by atoms with Gasteiger partial charge in [0.2, 0.25) is 0 Å². The average molecular weight is 358 g/mol. The van der Waals surface area contributed by atoms with Crippen LogP contribution in [0.3, 0.4) is 0 Å². The maximum atomic E-state index is 12.9. The Hall–Kier alpha value is -1.88. The molecule has 1 aliphatic heterocycles. The lowest BCUT2D eigenvalue weighted by Gasteiger charge is -2.23. The van der Waals surface area contributed by atoms with Gasteiger partial charge in [0.15, 0.2) is 0 Å². The molecular weight excluding hydrogens is 328 g/mol. The van der Waals surface area contributed by atoms with Crippen LogP contribution < -0.4 is 0 Å². The Kier molecular flexibility index (Phi) is 5.66. The molecule has 5 nitrogen and oxygen atoms in total. The van der Waals surface area contributed by atoms with Gasteiger partial charge < -0.3 is 10.0 Å². The number of carbonyl (C=O) groups excluding carboxylic acids is 1. The molecule has 2 aliphatic rings. The van der Waals surface area contributed by atoms with Crippen LogP contribution in [-0.4, -0.2) is 53.0 Å². The Bertz CT molecular complexity index is 658. The average Bonchev–Trinajstić information content (AvgIpc) is 3.20. The van der Waals surface area contributed by atoms with Crippen LogP contribution in [0, 0.1) is 11.3 Å². The molecular formula is C21H30N2O3. The van der Waals surface area contributed by atoms with Crippen molar-refractivity contribution >= 4 is 11.9 Å². The molecule has 1 saturated heterocycles. The van der Waals surface area contributed by atoms with E-state index in [2.05, 4.69) is 18.7 Å². The number of carbonyl (C=O) groups is 2. The number of aliphatic carboxylic acids is 1. The predicted molar refractivity (Wildman–Crippen MR) is 101 cm³/mol. The maximum Gasteiger partial charge on any atom is 0.311 e. The fourth-order valence-corrected chi connectivity index (χ4v) is 4.65. The minimum atomic E-state index is -0.735. The number of rotatable bonds is 7. The summed E-state index contributed by atoms with van der Waals surface area (Å²) in [5.74, 6) is -0.663. The summed E-state index contributed by atoms with van der Waals surface area (Å²) in [6.07, 6.45) is 3.70. The quantitative estimate of drug-likeness (QED) is 0.813. The number of hydrogen-bond donors (Lipinski definition) is 1. The van der Waals surface area contributed by atoms with Crippen LogP contribution in [0.1, 0.15) is 55.5 Å². The fraction of sp³-hybridized carbons (Fsp3) is 0.619. The minimum Gasteiger partial charge on any atom is -0.481 e. The van der Waals surface area contributed by atoms with Crippen molar-refractivity contribution in [3.63, 3.8) is 0 Å². The maximum absolute atomic E-state index is 12.9. The van der Waals surface area contributed by atoms with Gasteiger partial charge in [0.1, 0.15) is 0 Å². The lowest BCUT2D eigenvalue weighted by molar-refractivity contribution is -0.149. The van der Waals surface area contributed by atoms with E-state index in [4.69, 9.17) is 0 Å². The predicted octanol–water partition coefficient (Wildman–Crippen LogP) is 3.25. The SMILES string of the molecule is CCCN(CC)Cc1ccc(C(=O)N2C[C@@H]3CCC[C@@]3(C(=O)O)C2)cc1. The van der Waals surface area contributed by atoms with Crippen LogP contribution in [0.4, 0.5) is 0 Å². The molecule has 3 rings (SSSR count). The molecule has 1 aliphatic carbocycles. The Morgan fingerprint density at radius 2 is 2.00 bits per heavy atom. The molecule has 1 heterocycles. The summed E-state index contributed by atoms with van der Waals surface area (Å²) in [5, 5.41) is 9.69. The Labute approximate surface area is 156 Å². The number of carboxylic acid groups (broad SMARTS) is 1. The lowest BCUT2D eigenvalue weighted by Crippen LogP contribution is -2.37. The van der Waals surface area contributed by atoms with Crippen LogP contribution in [0.15, 0.2) is 24.3 Å². The van der Waals surface area contributed by atoms with Crippen molar-refractivity contribution in [1.82, 2.24) is 9.80 Å². The third kappa shape index (κ3) is 3.50. The second-order valence-corrected chi connectivity index (χ2v) is 7.80. The zero-order valence-electron chi connectivity index (χ0n) is 15.9. The van der Waals surface area contributed by atoms with Gasteiger partial charge in [0.25, 0.3) is 5.91 Å². The third-order valence-electron chi connectivity index (χ3n) is 6.18. The number of fused-ring (bicyclic) bond motifs is 1. The zero-order chi connectivity index (χ0) is 18.7. The second kappa shape index (κ2) is 7.78. The number of amides is 1. The van der Waals surface area contributed by atoms with Crippen LogP contribution >= 0.6 is 0 Å². The van der Waals surface area contributed by atoms with E-state index in [9.17, 15) is 14.7 Å². The summed E-state index contributed by atoms with van der Waals surface area (Å²) >= 11 is 0. The first-order valence-electron chi connectivity index (χ1n) is 9.84. The number of hydrogen-bond acceptors (Lipinski definition) is 3. The highest BCUT2D eigenvalue weighted by molar-refractivity contribution is 5.95. The van der Waals surface area contributed by atoms with Gasteiger partial charge in [-0.1, -0.05) is 32.4 Å². The van der Waals surface area contributed by atoms with E-state index in [1.807, 2.05) is 24.3 Å². The molecule has 1 N–H and O–H groups in total. The van der Waals surface area contributed by atoms with E-state index in [1.54, 1.807) is 4.90 Å². The Morgan fingerprint density at radius 3 is 2.58 bits per heavy atom. The standard InChI is InChI=1S/C21H30N2O3/c1-3-12-22(4-2)13-16-7-9-17(10-8-16)19(24)23-14-18-6-5-11-21(18,15-23)20(25)26/h7-10,18H,3-6,11-15H2,1-2H3,(H,25,26)/t18-,21+/m0/s1. The lowest BCUT2D eigenvalue weighted by atomic mass is 9.81. The third-order valence-corrected chi connectivity index (χ3v) is 6.18. The van der Waals surface area contributed by atoms with Crippen molar-refractivity contribution in [1.29, 1.82) is 0 Å². The molecule has 0 unspecified atom stereocenters. The first-order valence-corrected chi connectivity index (χ1v) is 9.84. The van der Waals surface area contributed by atoms with Crippen molar-refractivity contribution in [2.75, 3.05) is 26.2 Å². The summed E-state index contributed by atoms with van der Waals surface area (Å²) in [6.45, 7) is 8.26. The smallest absolute Gasteiger partial charge is 0.311 e. The number of nitrogens with zero attached hydrogens (tertiary/aromatic N) is 2. The van der Waals surface area contributed by atoms with Crippen molar-refractivity contribution in [3.05, 3.63) is 35.4 Å². The summed E-state index contributed by atoms with van der Waals surface area (Å²) < 4.78 is 0. The molecule has 0 spiro atoms. The van der Waals surface area contributed by atoms with Crippen molar-refractivity contribution < 1.29 is 14.7 Å². The van der Waals surface area contributed by atoms with Gasteiger partial charge in [-0.15, -0.1) is 0 Å². The van der Waals surface area contributed by atoms with Crippen molar-refractivity contribution in [2.24, 2.45) is 11.3 Å². The molecule has 1 aromatic rings. The molecule has 26 heavy (non-hydrogen) atoms. The number of likely N-dealkylation sites (tertiary alicyclic amines) is 1. The highest BCUT2D eigenvalue weighted by Gasteiger charge is 2.55. The highest BCUT2D eigenvalue weighted by Crippen LogP contribution is 2.49. The summed E-state index contributed by atoms with van der Waals surface area (Å²) in [6, 6.07) is 7.82. The van der Waals surface area contributed by atoms with Gasteiger partial charge in [0.05, 0.1) is 5.41 Å². The van der Waals surface area contributed by atoms with E-state index in [1.165, 1.54) is 5.56 Å². The molecule has 142 valence electrons. The van der Waals surface area contributed by atoms with Crippen LogP contribution in [-0.2, 0) is 11.3 Å². The fourth-order valence-electron chi connectivity index (χ4n) is 4.65. The van der Waals surface area contributed by atoms with E-state index < -0.39 is 11.4 Å². The van der Waals surface area contributed by atoms with Gasteiger partial charge in [0, 0.05) is 25.2 Å².